The predicted octanol–water partition coefficient (Wildman–Crippen LogP) is -1.24. The number of nitrogens with one attached hydrogen (secondary N) is 3. The predicted molar refractivity (Wildman–Crippen MR) is 145 cm³/mol. The molecule has 3 atom stereocenters. The zero-order chi connectivity index (χ0) is 26.2. The van der Waals surface area contributed by atoms with Gasteiger partial charge in [0.15, 0.2) is 6.10 Å². The monoisotopic (exact) mass is 821 g/mol. The van der Waals surface area contributed by atoms with Crippen molar-refractivity contribution in [2.75, 3.05) is 26.4 Å². The Morgan fingerprint density at radius 3 is 2.00 bits per heavy atom. The van der Waals surface area contributed by atoms with E-state index in [2.05, 4.69) is 16.0 Å². The summed E-state index contributed by atoms with van der Waals surface area (Å²) >= 11 is 5.47. The number of amides is 3. The number of halogens is 3. The van der Waals surface area contributed by atoms with Gasteiger partial charge in [-0.1, -0.05) is 22.6 Å². The molecular formula is C19H26I3N3O9. The smallest absolute Gasteiger partial charge is 0.303 e. The summed E-state index contributed by atoms with van der Waals surface area (Å²) in [5.74, 6) is -3.94. The SMILES string of the molecule is CC(=O)O[C@@H](C)C(=O)NC1=C(I)C(C(=O)NC(CO)CO)C(I)(C(=O)NC(CO)CO)C=C1I. The first-order valence-corrected chi connectivity index (χ1v) is 13.1. The van der Waals surface area contributed by atoms with Gasteiger partial charge in [-0.15, -0.1) is 0 Å². The highest BCUT2D eigenvalue weighted by Gasteiger charge is 2.51. The summed E-state index contributed by atoms with van der Waals surface area (Å²) in [4.78, 5) is 50.1. The molecule has 0 bridgehead atoms. The van der Waals surface area contributed by atoms with Crippen molar-refractivity contribution in [3.8, 4) is 0 Å². The molecule has 3 amide bonds. The molecule has 0 heterocycles. The first-order chi connectivity index (χ1) is 15.9. The number of aliphatic hydroxyl groups excluding tert-OH is 4. The zero-order valence-corrected chi connectivity index (χ0v) is 24.7. The Morgan fingerprint density at radius 2 is 1.53 bits per heavy atom. The standard InChI is InChI=1S/C19H26I3N3O9/c1-8(34-9(2)30)16(31)25-15-12(20)3-19(22,18(33)24-11(6-28)7-29)13(14(15)21)17(32)23-10(4-26)5-27/h3,8,10-11,13,26-29H,4-7H2,1-2H3,(H,23,32)(H,24,33)(H,25,31)/t8-,13?,19?/m0/s1. The number of alkyl halides is 1. The highest BCUT2D eigenvalue weighted by Crippen LogP contribution is 2.47. The van der Waals surface area contributed by atoms with Crippen LogP contribution in [0.3, 0.4) is 0 Å². The van der Waals surface area contributed by atoms with E-state index in [1.807, 2.05) is 45.2 Å². The van der Waals surface area contributed by atoms with Crippen LogP contribution < -0.4 is 16.0 Å². The molecule has 15 heteroatoms. The van der Waals surface area contributed by atoms with Crippen molar-refractivity contribution >= 4 is 91.5 Å². The minimum atomic E-state index is -1.57. The van der Waals surface area contributed by atoms with Gasteiger partial charge < -0.3 is 41.1 Å². The van der Waals surface area contributed by atoms with E-state index in [0.29, 0.717) is 3.58 Å². The molecule has 192 valence electrons. The van der Waals surface area contributed by atoms with Crippen LogP contribution in [0.4, 0.5) is 0 Å². The van der Waals surface area contributed by atoms with Crippen LogP contribution >= 0.6 is 67.8 Å². The molecule has 0 radical (unpaired) electrons. The molecule has 1 rings (SSSR count). The average Bonchev–Trinajstić information content (AvgIpc) is 2.77. The van der Waals surface area contributed by atoms with Crippen LogP contribution in [0.5, 0.6) is 0 Å². The number of aliphatic hydroxyl groups is 4. The lowest BCUT2D eigenvalue weighted by atomic mass is 9.85. The number of hydrogen-bond acceptors (Lipinski definition) is 9. The van der Waals surface area contributed by atoms with E-state index in [4.69, 9.17) is 4.74 Å². The Kier molecular flexibility index (Phi) is 13.1. The lowest BCUT2D eigenvalue weighted by molar-refractivity contribution is -0.152. The summed E-state index contributed by atoms with van der Waals surface area (Å²) in [5, 5.41) is 45.0. The quantitative estimate of drug-likeness (QED) is 0.0759. The molecule has 1 aliphatic rings. The average molecular weight is 821 g/mol. The fourth-order valence-corrected chi connectivity index (χ4v) is 7.70. The lowest BCUT2D eigenvalue weighted by Gasteiger charge is -2.37. The van der Waals surface area contributed by atoms with E-state index in [-0.39, 0.29) is 9.28 Å². The summed E-state index contributed by atoms with van der Waals surface area (Å²) in [6.45, 7) is 0.359. The van der Waals surface area contributed by atoms with Crippen molar-refractivity contribution in [3.05, 3.63) is 18.9 Å². The molecule has 0 aromatic carbocycles. The Hall–Kier alpha value is -0.610. The summed E-state index contributed by atoms with van der Waals surface area (Å²) in [5.41, 5.74) is 0.218. The van der Waals surface area contributed by atoms with E-state index in [1.54, 1.807) is 22.6 Å². The maximum absolute atomic E-state index is 13.2. The molecule has 0 aliphatic heterocycles. The summed E-state index contributed by atoms with van der Waals surface area (Å²) in [7, 11) is 0. The molecule has 12 nitrogen and oxygen atoms in total. The van der Waals surface area contributed by atoms with Crippen LogP contribution in [0.25, 0.3) is 0 Å². The van der Waals surface area contributed by atoms with E-state index < -0.39 is 77.6 Å². The molecule has 0 spiro atoms. The Labute approximate surface area is 236 Å². The first-order valence-electron chi connectivity index (χ1n) is 9.86. The molecule has 2 unspecified atom stereocenters. The molecule has 0 aromatic rings. The van der Waals surface area contributed by atoms with Gasteiger partial charge in [-0.05, 0) is 58.2 Å². The van der Waals surface area contributed by atoms with Crippen LogP contribution in [-0.2, 0) is 23.9 Å². The number of allylic oxidation sites excluding steroid dienone is 1. The molecule has 0 saturated carbocycles. The Morgan fingerprint density at radius 1 is 1.03 bits per heavy atom. The maximum atomic E-state index is 13.2. The summed E-state index contributed by atoms with van der Waals surface area (Å²) in [6, 6.07) is -1.96. The van der Waals surface area contributed by atoms with Crippen molar-refractivity contribution in [2.45, 2.75) is 35.5 Å². The van der Waals surface area contributed by atoms with Crippen molar-refractivity contribution < 1.29 is 44.3 Å². The zero-order valence-electron chi connectivity index (χ0n) is 18.2. The third kappa shape index (κ3) is 7.95. The van der Waals surface area contributed by atoms with Crippen LogP contribution in [0.1, 0.15) is 13.8 Å². The third-order valence-electron chi connectivity index (χ3n) is 4.62. The molecule has 0 aromatic heterocycles. The molecule has 1 aliphatic carbocycles. The van der Waals surface area contributed by atoms with Gasteiger partial charge in [0.1, 0.15) is 3.42 Å². The Bertz CT molecular complexity index is 859. The van der Waals surface area contributed by atoms with Crippen LogP contribution in [0.2, 0.25) is 0 Å². The molecular weight excluding hydrogens is 795 g/mol. The van der Waals surface area contributed by atoms with Crippen LogP contribution in [0.15, 0.2) is 18.9 Å². The third-order valence-corrected chi connectivity index (χ3v) is 8.06. The Balaban J connectivity index is 3.47. The first kappa shape index (κ1) is 31.4. The molecule has 34 heavy (non-hydrogen) atoms. The van der Waals surface area contributed by atoms with Gasteiger partial charge in [-0.25, -0.2) is 0 Å². The fraction of sp³-hybridized carbons (Fsp3) is 0.579. The number of rotatable bonds is 11. The fourth-order valence-electron chi connectivity index (χ4n) is 2.81. The number of carbonyl (C=O) groups excluding carboxylic acids is 4. The van der Waals surface area contributed by atoms with Gasteiger partial charge in [0.2, 0.25) is 11.8 Å². The number of carbonyl (C=O) groups is 4. The normalized spacial score (nSPS) is 21.1. The van der Waals surface area contributed by atoms with Crippen molar-refractivity contribution in [1.29, 1.82) is 0 Å². The highest BCUT2D eigenvalue weighted by atomic mass is 127. The molecule has 0 fully saturated rings. The van der Waals surface area contributed by atoms with Crippen LogP contribution in [-0.4, -0.2) is 92.2 Å². The van der Waals surface area contributed by atoms with E-state index >= 15 is 0 Å². The minimum absolute atomic E-state index is 0.218. The van der Waals surface area contributed by atoms with E-state index in [0.717, 1.165) is 6.92 Å². The van der Waals surface area contributed by atoms with E-state index in [9.17, 15) is 39.6 Å². The number of ether oxygens (including phenoxy) is 1. The van der Waals surface area contributed by atoms with Gasteiger partial charge in [-0.2, -0.15) is 0 Å². The number of esters is 1. The van der Waals surface area contributed by atoms with Gasteiger partial charge in [-0.3, -0.25) is 19.2 Å². The second-order valence-electron chi connectivity index (χ2n) is 7.26. The van der Waals surface area contributed by atoms with Gasteiger partial charge >= 0.3 is 5.97 Å². The van der Waals surface area contributed by atoms with E-state index in [1.165, 1.54) is 13.0 Å². The largest absolute Gasteiger partial charge is 0.453 e. The highest BCUT2D eigenvalue weighted by molar-refractivity contribution is 14.1. The lowest BCUT2D eigenvalue weighted by Crippen LogP contribution is -2.57. The van der Waals surface area contributed by atoms with Crippen LogP contribution in [0, 0.1) is 5.92 Å². The second kappa shape index (κ2) is 14.2. The van der Waals surface area contributed by atoms with Gasteiger partial charge in [0.25, 0.3) is 5.91 Å². The van der Waals surface area contributed by atoms with Crippen molar-refractivity contribution in [3.63, 3.8) is 0 Å². The topological polar surface area (TPSA) is 195 Å². The molecule has 0 saturated heterocycles. The van der Waals surface area contributed by atoms with Gasteiger partial charge in [0.05, 0.1) is 50.1 Å². The summed E-state index contributed by atoms with van der Waals surface area (Å²) in [6.07, 6.45) is 0.323. The van der Waals surface area contributed by atoms with Crippen molar-refractivity contribution in [1.82, 2.24) is 16.0 Å². The minimum Gasteiger partial charge on any atom is -0.453 e. The van der Waals surface area contributed by atoms with Gasteiger partial charge in [0, 0.05) is 14.1 Å². The second-order valence-corrected chi connectivity index (χ2v) is 11.4. The maximum Gasteiger partial charge on any atom is 0.303 e. The summed E-state index contributed by atoms with van der Waals surface area (Å²) < 4.78 is 3.98. The number of hydrogen-bond donors (Lipinski definition) is 7. The van der Waals surface area contributed by atoms with Crippen molar-refractivity contribution in [2.24, 2.45) is 5.92 Å². The molecule has 7 N–H and O–H groups in total.